The van der Waals surface area contributed by atoms with Crippen molar-refractivity contribution in [1.82, 2.24) is 10.3 Å². The summed E-state index contributed by atoms with van der Waals surface area (Å²) in [4.78, 5) is 4.39. The Bertz CT molecular complexity index is 364. The van der Waals surface area contributed by atoms with Crippen LogP contribution in [0.2, 0.25) is 0 Å². The van der Waals surface area contributed by atoms with E-state index in [0.29, 0.717) is 11.8 Å². The van der Waals surface area contributed by atoms with E-state index in [-0.39, 0.29) is 5.54 Å². The number of halogens is 1. The van der Waals surface area contributed by atoms with Gasteiger partial charge in [-0.25, -0.2) is 4.98 Å². The minimum Gasteiger partial charge on any atom is -0.481 e. The minimum absolute atomic E-state index is 0.117. The first-order valence-electron chi connectivity index (χ1n) is 6.09. The quantitative estimate of drug-likeness (QED) is 0.821. The lowest BCUT2D eigenvalue weighted by molar-refractivity contribution is 0.361. The molecule has 0 atom stereocenters. The van der Waals surface area contributed by atoms with Gasteiger partial charge in [-0.05, 0) is 18.9 Å². The highest BCUT2D eigenvalue weighted by molar-refractivity contribution is 6.18. The van der Waals surface area contributed by atoms with Gasteiger partial charge in [0.2, 0.25) is 5.88 Å². The molecule has 1 fully saturated rings. The number of nitrogens with one attached hydrogen (secondary N) is 1. The number of pyridine rings is 1. The Morgan fingerprint density at radius 1 is 1.41 bits per heavy atom. The van der Waals surface area contributed by atoms with E-state index in [1.165, 1.54) is 25.7 Å². The molecule has 1 aromatic rings. The molecule has 1 N–H and O–H groups in total. The van der Waals surface area contributed by atoms with Crippen LogP contribution in [0.4, 0.5) is 0 Å². The maximum atomic E-state index is 6.08. The standard InChI is InChI=1S/C13H19ClN2O/c1-17-12-6-4-5-11(16-12)9-15-13(10-14)7-2-3-8-13/h4-6,15H,2-3,7-10H2,1H3. The first-order valence-corrected chi connectivity index (χ1v) is 6.62. The van der Waals surface area contributed by atoms with E-state index in [2.05, 4.69) is 10.3 Å². The first kappa shape index (κ1) is 12.7. The highest BCUT2D eigenvalue weighted by Crippen LogP contribution is 2.30. The predicted molar refractivity (Wildman–Crippen MR) is 69.5 cm³/mol. The number of ether oxygens (including phenoxy) is 1. The van der Waals surface area contributed by atoms with E-state index in [0.717, 1.165) is 12.2 Å². The summed E-state index contributed by atoms with van der Waals surface area (Å²) in [6, 6.07) is 5.83. The fourth-order valence-corrected chi connectivity index (χ4v) is 2.72. The molecule has 0 unspecified atom stereocenters. The van der Waals surface area contributed by atoms with Gasteiger partial charge < -0.3 is 10.1 Å². The number of aromatic nitrogens is 1. The van der Waals surface area contributed by atoms with Gasteiger partial charge in [-0.2, -0.15) is 0 Å². The first-order chi connectivity index (χ1) is 8.28. The second kappa shape index (κ2) is 5.69. The van der Waals surface area contributed by atoms with Crippen molar-refractivity contribution in [3.05, 3.63) is 23.9 Å². The molecule has 1 aromatic heterocycles. The number of nitrogens with zero attached hydrogens (tertiary/aromatic N) is 1. The van der Waals surface area contributed by atoms with Crippen LogP contribution < -0.4 is 10.1 Å². The zero-order valence-electron chi connectivity index (χ0n) is 10.2. The van der Waals surface area contributed by atoms with Crippen molar-refractivity contribution in [1.29, 1.82) is 0 Å². The highest BCUT2D eigenvalue weighted by atomic mass is 35.5. The van der Waals surface area contributed by atoms with Crippen LogP contribution in [0.15, 0.2) is 18.2 Å². The normalized spacial score (nSPS) is 18.2. The maximum Gasteiger partial charge on any atom is 0.213 e. The molecule has 1 saturated carbocycles. The second-order valence-corrected chi connectivity index (χ2v) is 4.91. The molecule has 3 nitrogen and oxygen atoms in total. The Morgan fingerprint density at radius 2 is 2.18 bits per heavy atom. The summed E-state index contributed by atoms with van der Waals surface area (Å²) < 4.78 is 5.11. The van der Waals surface area contributed by atoms with Crippen molar-refractivity contribution in [2.45, 2.75) is 37.8 Å². The van der Waals surface area contributed by atoms with Crippen molar-refractivity contribution in [2.75, 3.05) is 13.0 Å². The average molecular weight is 255 g/mol. The molecule has 17 heavy (non-hydrogen) atoms. The molecule has 0 aromatic carbocycles. The van der Waals surface area contributed by atoms with E-state index in [1.807, 2.05) is 18.2 Å². The summed E-state index contributed by atoms with van der Waals surface area (Å²) in [6.45, 7) is 0.754. The van der Waals surface area contributed by atoms with Gasteiger partial charge in [0.15, 0.2) is 0 Å². The Kier molecular flexibility index (Phi) is 4.24. The van der Waals surface area contributed by atoms with E-state index < -0.39 is 0 Å². The van der Waals surface area contributed by atoms with Crippen LogP contribution in [0.1, 0.15) is 31.4 Å². The number of hydrogen-bond acceptors (Lipinski definition) is 3. The minimum atomic E-state index is 0.117. The molecule has 0 saturated heterocycles. The van der Waals surface area contributed by atoms with E-state index >= 15 is 0 Å². The van der Waals surface area contributed by atoms with Crippen molar-refractivity contribution in [3.8, 4) is 5.88 Å². The Balaban J connectivity index is 1.96. The lowest BCUT2D eigenvalue weighted by Crippen LogP contribution is -2.44. The van der Waals surface area contributed by atoms with Gasteiger partial charge in [-0.15, -0.1) is 11.6 Å². The predicted octanol–water partition coefficient (Wildman–Crippen LogP) is 2.73. The third-order valence-electron chi connectivity index (χ3n) is 3.45. The van der Waals surface area contributed by atoms with E-state index in [1.54, 1.807) is 7.11 Å². The number of rotatable bonds is 5. The SMILES string of the molecule is COc1cccc(CNC2(CCl)CCCC2)n1. The summed E-state index contributed by atoms with van der Waals surface area (Å²) in [5, 5.41) is 3.56. The molecule has 1 aliphatic carbocycles. The molecule has 0 bridgehead atoms. The molecule has 2 rings (SSSR count). The van der Waals surface area contributed by atoms with Crippen LogP contribution in [0.25, 0.3) is 0 Å². The summed E-state index contributed by atoms with van der Waals surface area (Å²) >= 11 is 6.08. The summed E-state index contributed by atoms with van der Waals surface area (Å²) in [7, 11) is 1.64. The maximum absolute atomic E-state index is 6.08. The van der Waals surface area contributed by atoms with Crippen molar-refractivity contribution < 1.29 is 4.74 Å². The zero-order valence-corrected chi connectivity index (χ0v) is 11.0. The van der Waals surface area contributed by atoms with Gasteiger partial charge in [0.1, 0.15) is 0 Å². The number of methoxy groups -OCH3 is 1. The molecule has 94 valence electrons. The Hall–Kier alpha value is -0.800. The molecule has 0 radical (unpaired) electrons. The number of hydrogen-bond donors (Lipinski definition) is 1. The van der Waals surface area contributed by atoms with Crippen LogP contribution in [0, 0.1) is 0 Å². The average Bonchev–Trinajstić information content (AvgIpc) is 2.86. The van der Waals surface area contributed by atoms with Gasteiger partial charge >= 0.3 is 0 Å². The van der Waals surface area contributed by atoms with Crippen LogP contribution in [-0.4, -0.2) is 23.5 Å². The van der Waals surface area contributed by atoms with Crippen molar-refractivity contribution >= 4 is 11.6 Å². The third kappa shape index (κ3) is 3.11. The molecule has 0 spiro atoms. The third-order valence-corrected chi connectivity index (χ3v) is 3.96. The van der Waals surface area contributed by atoms with Crippen molar-refractivity contribution in [3.63, 3.8) is 0 Å². The fraction of sp³-hybridized carbons (Fsp3) is 0.615. The summed E-state index contributed by atoms with van der Waals surface area (Å²) in [6.07, 6.45) is 4.87. The molecule has 1 heterocycles. The lowest BCUT2D eigenvalue weighted by atomic mass is 10.0. The van der Waals surface area contributed by atoms with Gasteiger partial charge in [0, 0.05) is 24.0 Å². The lowest BCUT2D eigenvalue weighted by Gasteiger charge is -2.27. The van der Waals surface area contributed by atoms with Gasteiger partial charge in [0.25, 0.3) is 0 Å². The molecule has 1 aliphatic rings. The van der Waals surface area contributed by atoms with Crippen LogP contribution >= 0.6 is 11.6 Å². The van der Waals surface area contributed by atoms with Crippen LogP contribution in [0.5, 0.6) is 5.88 Å². The second-order valence-electron chi connectivity index (χ2n) is 4.65. The molecule has 4 heteroatoms. The molecular weight excluding hydrogens is 236 g/mol. The van der Waals surface area contributed by atoms with E-state index in [9.17, 15) is 0 Å². The van der Waals surface area contributed by atoms with Gasteiger partial charge in [-0.1, -0.05) is 18.9 Å². The monoisotopic (exact) mass is 254 g/mol. The Morgan fingerprint density at radius 3 is 2.82 bits per heavy atom. The highest BCUT2D eigenvalue weighted by Gasteiger charge is 2.32. The largest absolute Gasteiger partial charge is 0.481 e. The van der Waals surface area contributed by atoms with Crippen LogP contribution in [-0.2, 0) is 6.54 Å². The van der Waals surface area contributed by atoms with Gasteiger partial charge in [0.05, 0.1) is 12.8 Å². The molecular formula is C13H19ClN2O. The topological polar surface area (TPSA) is 34.1 Å². The Labute approximate surface area is 108 Å². The fourth-order valence-electron chi connectivity index (χ4n) is 2.36. The van der Waals surface area contributed by atoms with E-state index in [4.69, 9.17) is 16.3 Å². The molecule has 0 amide bonds. The van der Waals surface area contributed by atoms with Gasteiger partial charge in [-0.3, -0.25) is 0 Å². The number of alkyl halides is 1. The smallest absolute Gasteiger partial charge is 0.213 e. The van der Waals surface area contributed by atoms with Crippen LogP contribution in [0.3, 0.4) is 0 Å². The molecule has 0 aliphatic heterocycles. The summed E-state index contributed by atoms with van der Waals surface area (Å²) in [5.74, 6) is 1.34. The van der Waals surface area contributed by atoms with Crippen molar-refractivity contribution in [2.24, 2.45) is 0 Å². The zero-order chi connectivity index (χ0) is 12.1. The summed E-state index contributed by atoms with van der Waals surface area (Å²) in [5.41, 5.74) is 1.12.